The number of para-hydroxylation sites is 1. The maximum absolute atomic E-state index is 13.3. The fourth-order valence-electron chi connectivity index (χ4n) is 9.00. The minimum Gasteiger partial charge on any atom is -0.371 e. The molecule has 4 aromatic rings. The quantitative estimate of drug-likeness (QED) is 0.141. The van der Waals surface area contributed by atoms with Gasteiger partial charge in [0.05, 0.1) is 22.8 Å². The molecule has 6 heterocycles. The number of nitrogens with one attached hydrogen (secondary N) is 3. The van der Waals surface area contributed by atoms with E-state index < -0.39 is 0 Å². The van der Waals surface area contributed by atoms with Gasteiger partial charge in [-0.3, -0.25) is 29.4 Å². The van der Waals surface area contributed by atoms with Crippen molar-refractivity contribution in [2.75, 3.05) is 79.3 Å². The van der Waals surface area contributed by atoms with Gasteiger partial charge in [0.25, 0.3) is 5.91 Å². The van der Waals surface area contributed by atoms with Gasteiger partial charge < -0.3 is 25.3 Å². The number of carbonyl (C=O) groups excluding carboxylic acids is 4. The van der Waals surface area contributed by atoms with Gasteiger partial charge in [-0.05, 0) is 93.7 Å². The summed E-state index contributed by atoms with van der Waals surface area (Å²) in [5, 5.41) is 9.65. The number of likely N-dealkylation sites (tertiary alicyclic amines) is 1. The van der Waals surface area contributed by atoms with Crippen LogP contribution in [0.15, 0.2) is 54.7 Å². The predicted octanol–water partition coefficient (Wildman–Crippen LogP) is 6.53. The number of piperazine rings is 1. The van der Waals surface area contributed by atoms with Gasteiger partial charge in [-0.25, -0.2) is 15.0 Å². The number of hydrogen-bond acceptors (Lipinski definition) is 12. The van der Waals surface area contributed by atoms with Crippen molar-refractivity contribution in [3.63, 3.8) is 0 Å². The Labute approximate surface area is 360 Å². The van der Waals surface area contributed by atoms with Crippen LogP contribution in [0.4, 0.5) is 28.1 Å². The fraction of sp³-hybridized carbons (Fsp3) is 0.477. The molecule has 4 saturated heterocycles. The monoisotopic (exact) mass is 852 g/mol. The van der Waals surface area contributed by atoms with Crippen molar-refractivity contribution in [3.8, 4) is 0 Å². The normalized spacial score (nSPS) is 19.6. The average molecular weight is 853 g/mol. The lowest BCUT2D eigenvalue weighted by Crippen LogP contribution is -2.48. The number of imide groups is 1. The third-order valence-electron chi connectivity index (χ3n) is 12.7. The molecule has 60 heavy (non-hydrogen) atoms. The number of carbonyl (C=O) groups is 4. The summed E-state index contributed by atoms with van der Waals surface area (Å²) in [6, 6.07) is 15.7. The lowest BCUT2D eigenvalue weighted by molar-refractivity contribution is -0.135. The third kappa shape index (κ3) is 9.74. The Morgan fingerprint density at radius 1 is 0.917 bits per heavy atom. The summed E-state index contributed by atoms with van der Waals surface area (Å²) in [7, 11) is 0. The van der Waals surface area contributed by atoms with E-state index in [4.69, 9.17) is 16.6 Å². The third-order valence-corrected chi connectivity index (χ3v) is 13.9. The van der Waals surface area contributed by atoms with Crippen molar-refractivity contribution in [1.29, 1.82) is 0 Å². The standard InChI is InChI=1S/C44H53ClN10O4S/c1-29-5-3-6-34(45)40(29)51-42(59)35-28-46-43(60-35)49-36-27-37(48-30(2)47-36)54-25-23-52(24-26-54)18-4-7-39(57)55-21-16-44(17-22-55)14-19-53(20-15-44)32-10-8-31(9-11-32)33-12-13-38(56)50-41(33)58/h3,5-6,8-11,27-28,33H,4,7,12-26H2,1-2H3,(H,51,59)(H,50,56,58)(H,46,47,48,49). The maximum Gasteiger partial charge on any atom is 0.267 e. The molecule has 1 unspecified atom stereocenters. The van der Waals surface area contributed by atoms with Gasteiger partial charge in [0.15, 0.2) is 5.13 Å². The molecule has 316 valence electrons. The van der Waals surface area contributed by atoms with Gasteiger partial charge in [0.1, 0.15) is 22.3 Å². The topological polar surface area (TPSA) is 156 Å². The first kappa shape index (κ1) is 41.6. The van der Waals surface area contributed by atoms with E-state index in [1.54, 1.807) is 12.3 Å². The zero-order valence-electron chi connectivity index (χ0n) is 34.3. The first-order valence-corrected chi connectivity index (χ1v) is 22.3. The van der Waals surface area contributed by atoms with Crippen LogP contribution in [0.1, 0.15) is 83.9 Å². The summed E-state index contributed by atoms with van der Waals surface area (Å²) in [4.78, 5) is 73.5. The molecule has 0 aliphatic carbocycles. The Kier molecular flexibility index (Phi) is 12.7. The molecular formula is C44H53ClN10O4S. The van der Waals surface area contributed by atoms with Crippen molar-refractivity contribution in [2.45, 2.75) is 71.1 Å². The van der Waals surface area contributed by atoms with Gasteiger partial charge in [0, 0.05) is 77.0 Å². The first-order chi connectivity index (χ1) is 29.0. The lowest BCUT2D eigenvalue weighted by atomic mass is 9.71. The molecule has 4 fully saturated rings. The van der Waals surface area contributed by atoms with Crippen LogP contribution in [0.5, 0.6) is 0 Å². The Bertz CT molecular complexity index is 2190. The van der Waals surface area contributed by atoms with Gasteiger partial charge in [-0.1, -0.05) is 47.2 Å². The van der Waals surface area contributed by atoms with Crippen LogP contribution in [0, 0.1) is 19.3 Å². The molecule has 1 spiro atoms. The summed E-state index contributed by atoms with van der Waals surface area (Å²) < 4.78 is 0. The zero-order valence-corrected chi connectivity index (χ0v) is 35.9. The van der Waals surface area contributed by atoms with E-state index in [0.29, 0.717) is 57.0 Å². The molecular weight excluding hydrogens is 800 g/mol. The molecule has 1 atom stereocenters. The highest BCUT2D eigenvalue weighted by Gasteiger charge is 2.39. The molecule has 4 amide bonds. The van der Waals surface area contributed by atoms with Crippen LogP contribution in [-0.2, 0) is 14.4 Å². The highest BCUT2D eigenvalue weighted by atomic mass is 35.5. The number of aromatic nitrogens is 3. The summed E-state index contributed by atoms with van der Waals surface area (Å²) in [5.41, 5.74) is 3.92. The number of hydrogen-bond donors (Lipinski definition) is 3. The van der Waals surface area contributed by atoms with Crippen molar-refractivity contribution in [3.05, 3.63) is 81.6 Å². The second-order valence-corrected chi connectivity index (χ2v) is 18.0. The van der Waals surface area contributed by atoms with Crippen LogP contribution in [0.2, 0.25) is 5.02 Å². The van der Waals surface area contributed by atoms with E-state index in [2.05, 4.69) is 57.7 Å². The molecule has 4 aliphatic rings. The molecule has 0 radical (unpaired) electrons. The van der Waals surface area contributed by atoms with Crippen LogP contribution in [0.25, 0.3) is 0 Å². The van der Waals surface area contributed by atoms with Crippen LogP contribution in [-0.4, -0.2) is 107 Å². The number of benzene rings is 2. The van der Waals surface area contributed by atoms with Gasteiger partial charge >= 0.3 is 0 Å². The Morgan fingerprint density at radius 3 is 2.37 bits per heavy atom. The van der Waals surface area contributed by atoms with Crippen molar-refractivity contribution >= 4 is 74.7 Å². The number of nitrogens with zero attached hydrogens (tertiary/aromatic N) is 7. The number of aryl methyl sites for hydroxylation is 2. The number of thiazole rings is 1. The summed E-state index contributed by atoms with van der Waals surface area (Å²) >= 11 is 7.54. The Morgan fingerprint density at radius 2 is 1.65 bits per heavy atom. The molecule has 16 heteroatoms. The second kappa shape index (κ2) is 18.2. The first-order valence-electron chi connectivity index (χ1n) is 21.1. The Hall–Kier alpha value is -5.12. The highest BCUT2D eigenvalue weighted by molar-refractivity contribution is 7.17. The average Bonchev–Trinajstić information content (AvgIpc) is 3.71. The predicted molar refractivity (Wildman–Crippen MR) is 235 cm³/mol. The largest absolute Gasteiger partial charge is 0.371 e. The van der Waals surface area contributed by atoms with E-state index >= 15 is 0 Å². The zero-order chi connectivity index (χ0) is 41.8. The van der Waals surface area contributed by atoms with Crippen LogP contribution in [0.3, 0.4) is 0 Å². The molecule has 14 nitrogen and oxygen atoms in total. The van der Waals surface area contributed by atoms with Gasteiger partial charge in [0.2, 0.25) is 17.7 Å². The van der Waals surface area contributed by atoms with E-state index in [9.17, 15) is 19.2 Å². The van der Waals surface area contributed by atoms with Crippen molar-refractivity contribution in [2.24, 2.45) is 5.41 Å². The number of anilines is 5. The lowest BCUT2D eigenvalue weighted by Gasteiger charge is -2.47. The van der Waals surface area contributed by atoms with E-state index in [-0.39, 0.29) is 29.5 Å². The van der Waals surface area contributed by atoms with E-state index in [1.807, 2.05) is 44.2 Å². The molecule has 4 aliphatic heterocycles. The molecule has 3 N–H and O–H groups in total. The number of halogens is 1. The van der Waals surface area contributed by atoms with Gasteiger partial charge in [-0.15, -0.1) is 0 Å². The minimum absolute atomic E-state index is 0.187. The second-order valence-electron chi connectivity index (χ2n) is 16.6. The highest BCUT2D eigenvalue weighted by Crippen LogP contribution is 2.42. The molecule has 0 saturated carbocycles. The van der Waals surface area contributed by atoms with E-state index in [1.165, 1.54) is 17.0 Å². The Balaban J connectivity index is 0.737. The molecule has 0 bridgehead atoms. The maximum atomic E-state index is 13.3. The van der Waals surface area contributed by atoms with Crippen molar-refractivity contribution in [1.82, 2.24) is 30.1 Å². The van der Waals surface area contributed by atoms with E-state index in [0.717, 1.165) is 108 Å². The van der Waals surface area contributed by atoms with Gasteiger partial charge in [-0.2, -0.15) is 0 Å². The summed E-state index contributed by atoms with van der Waals surface area (Å²) in [6.07, 6.45) is 8.30. The minimum atomic E-state index is -0.276. The molecule has 8 rings (SSSR count). The number of amides is 4. The fourth-order valence-corrected chi connectivity index (χ4v) is 9.99. The number of rotatable bonds is 11. The smallest absolute Gasteiger partial charge is 0.267 e. The van der Waals surface area contributed by atoms with Crippen molar-refractivity contribution < 1.29 is 19.2 Å². The number of piperidine rings is 3. The SMILES string of the molecule is Cc1nc(Nc2ncc(C(=O)Nc3c(C)cccc3Cl)s2)cc(N2CCN(CCCC(=O)N3CCC4(CC3)CCN(c3ccc(C5CCC(=O)NC5=O)cc3)CC4)CC2)n1. The molecule has 2 aromatic carbocycles. The summed E-state index contributed by atoms with van der Waals surface area (Å²) in [5.74, 6) is 1.46. The summed E-state index contributed by atoms with van der Waals surface area (Å²) in [6.45, 7) is 11.8. The molecule has 2 aromatic heterocycles. The van der Waals surface area contributed by atoms with Crippen LogP contribution >= 0.6 is 22.9 Å². The van der Waals surface area contributed by atoms with Crippen LogP contribution < -0.4 is 25.8 Å².